The topological polar surface area (TPSA) is 97.6 Å². The molecule has 3 heterocycles. The van der Waals surface area contributed by atoms with Crippen LogP contribution in [0.1, 0.15) is 0 Å². The van der Waals surface area contributed by atoms with Crippen molar-refractivity contribution in [1.82, 2.24) is 24.7 Å². The van der Waals surface area contributed by atoms with Crippen LogP contribution in [-0.4, -0.2) is 30.8 Å². The molecule has 9 heteroatoms. The van der Waals surface area contributed by atoms with Crippen molar-refractivity contribution in [3.05, 3.63) is 77.0 Å². The third kappa shape index (κ3) is 5.12. The molecule has 0 aliphatic carbocycles. The Kier molecular flexibility index (Phi) is 5.93. The molecule has 0 saturated carbocycles. The van der Waals surface area contributed by atoms with E-state index in [0.717, 1.165) is 0 Å². The van der Waals surface area contributed by atoms with Crippen LogP contribution in [0.15, 0.2) is 61.4 Å². The van der Waals surface area contributed by atoms with E-state index in [1.807, 2.05) is 12.1 Å². The SMILES string of the molecule is C=c1ccccc(=C)ncc(NC(=O)Nc2cnc(-n3cncn3)c(Cl)c2)c1. The van der Waals surface area contributed by atoms with Gasteiger partial charge in [0.05, 0.1) is 34.1 Å². The van der Waals surface area contributed by atoms with Gasteiger partial charge in [0.2, 0.25) is 0 Å². The Balaban J connectivity index is 1.79. The highest BCUT2D eigenvalue weighted by Crippen LogP contribution is 2.21. The molecule has 2 amide bonds. The third-order valence-electron chi connectivity index (χ3n) is 3.39. The van der Waals surface area contributed by atoms with E-state index in [1.165, 1.54) is 29.7 Å². The number of amides is 2. The highest BCUT2D eigenvalue weighted by atomic mass is 35.5. The molecule has 0 saturated heterocycles. The Morgan fingerprint density at radius 2 is 1.75 bits per heavy atom. The van der Waals surface area contributed by atoms with E-state index in [2.05, 4.69) is 43.8 Å². The van der Waals surface area contributed by atoms with Crippen LogP contribution in [0.3, 0.4) is 0 Å². The highest BCUT2D eigenvalue weighted by molar-refractivity contribution is 6.32. The average molecular weight is 394 g/mol. The molecule has 0 aromatic carbocycles. The van der Waals surface area contributed by atoms with Crippen molar-refractivity contribution < 1.29 is 4.79 Å². The van der Waals surface area contributed by atoms with Gasteiger partial charge < -0.3 is 10.6 Å². The number of carbonyl (C=O) groups is 1. The molecule has 0 unspecified atom stereocenters. The predicted molar refractivity (Wildman–Crippen MR) is 109 cm³/mol. The second-order valence-electron chi connectivity index (χ2n) is 5.59. The first-order chi connectivity index (χ1) is 13.5. The first kappa shape index (κ1) is 19.0. The molecule has 2 N–H and O–H groups in total. The summed E-state index contributed by atoms with van der Waals surface area (Å²) in [5.41, 5.74) is 0.858. The second-order valence-corrected chi connectivity index (χ2v) is 6.00. The monoisotopic (exact) mass is 393 g/mol. The number of urea groups is 1. The van der Waals surface area contributed by atoms with Crippen LogP contribution in [-0.2, 0) is 0 Å². The van der Waals surface area contributed by atoms with E-state index in [9.17, 15) is 4.79 Å². The number of aromatic nitrogens is 5. The number of nitrogens with zero attached hydrogens (tertiary/aromatic N) is 5. The number of hydrogen-bond donors (Lipinski definition) is 2. The van der Waals surface area contributed by atoms with E-state index in [0.29, 0.717) is 32.8 Å². The van der Waals surface area contributed by atoms with E-state index in [1.54, 1.807) is 24.3 Å². The lowest BCUT2D eigenvalue weighted by molar-refractivity contribution is 0.262. The maximum absolute atomic E-state index is 12.3. The van der Waals surface area contributed by atoms with Crippen LogP contribution in [0.2, 0.25) is 5.02 Å². The lowest BCUT2D eigenvalue weighted by atomic mass is 10.3. The quantitative estimate of drug-likeness (QED) is 0.711. The van der Waals surface area contributed by atoms with Gasteiger partial charge in [-0.3, -0.25) is 4.98 Å². The molecule has 3 aromatic heterocycles. The first-order valence-corrected chi connectivity index (χ1v) is 8.46. The molecule has 0 aliphatic rings. The van der Waals surface area contributed by atoms with Crippen molar-refractivity contribution in [1.29, 1.82) is 0 Å². The van der Waals surface area contributed by atoms with Gasteiger partial charge in [0.25, 0.3) is 0 Å². The number of anilines is 2. The normalized spacial score (nSPS) is 10.0. The molecular weight excluding hydrogens is 378 g/mol. The molecule has 0 radical (unpaired) electrons. The lowest BCUT2D eigenvalue weighted by Gasteiger charge is -2.08. The molecule has 0 atom stereocenters. The Hall–Kier alpha value is -3.78. The number of hydrogen-bond acceptors (Lipinski definition) is 5. The van der Waals surface area contributed by atoms with Gasteiger partial charge in [-0.15, -0.1) is 0 Å². The number of carbonyl (C=O) groups excluding carboxylic acids is 1. The van der Waals surface area contributed by atoms with Crippen molar-refractivity contribution in [3.63, 3.8) is 0 Å². The molecule has 0 bridgehead atoms. The smallest absolute Gasteiger partial charge is 0.306 e. The van der Waals surface area contributed by atoms with Crippen molar-refractivity contribution in [3.8, 4) is 5.82 Å². The molecule has 3 aromatic rings. The van der Waals surface area contributed by atoms with Gasteiger partial charge in [-0.25, -0.2) is 19.4 Å². The molecule has 28 heavy (non-hydrogen) atoms. The summed E-state index contributed by atoms with van der Waals surface area (Å²) >= 11 is 6.21. The zero-order valence-electron chi connectivity index (χ0n) is 14.7. The van der Waals surface area contributed by atoms with E-state index < -0.39 is 6.03 Å². The van der Waals surface area contributed by atoms with Gasteiger partial charge in [0.15, 0.2) is 5.82 Å². The zero-order chi connectivity index (χ0) is 19.9. The van der Waals surface area contributed by atoms with Crippen LogP contribution in [0, 0.1) is 0 Å². The van der Waals surface area contributed by atoms with Crippen LogP contribution in [0.25, 0.3) is 19.0 Å². The summed E-state index contributed by atoms with van der Waals surface area (Å²) in [6.45, 7) is 7.70. The summed E-state index contributed by atoms with van der Waals surface area (Å²) in [5.74, 6) is 0.405. The zero-order valence-corrected chi connectivity index (χ0v) is 15.5. The molecule has 3 rings (SSSR count). The lowest BCUT2D eigenvalue weighted by Crippen LogP contribution is -2.20. The molecule has 8 nitrogen and oxygen atoms in total. The summed E-state index contributed by atoms with van der Waals surface area (Å²) in [7, 11) is 0. The van der Waals surface area contributed by atoms with Gasteiger partial charge in [-0.05, 0) is 23.4 Å². The van der Waals surface area contributed by atoms with Crippen molar-refractivity contribution in [2.75, 3.05) is 10.6 Å². The van der Waals surface area contributed by atoms with Crippen molar-refractivity contribution >= 4 is 42.2 Å². The molecule has 0 aliphatic heterocycles. The minimum absolute atomic E-state index is 0.310. The summed E-state index contributed by atoms with van der Waals surface area (Å²) in [6.07, 6.45) is 5.81. The fourth-order valence-electron chi connectivity index (χ4n) is 2.17. The van der Waals surface area contributed by atoms with Gasteiger partial charge in [0.1, 0.15) is 12.7 Å². The number of rotatable bonds is 3. The van der Waals surface area contributed by atoms with E-state index >= 15 is 0 Å². The Morgan fingerprint density at radius 1 is 1.04 bits per heavy atom. The maximum Gasteiger partial charge on any atom is 0.323 e. The van der Waals surface area contributed by atoms with E-state index in [4.69, 9.17) is 11.6 Å². The van der Waals surface area contributed by atoms with Gasteiger partial charge in [0, 0.05) is 0 Å². The standard InChI is InChI=1S/C19H16ClN7O/c1-13-5-3-4-6-14(2)22-9-15(7-13)25-19(28)26-16-8-17(20)18(23-10-16)27-12-21-11-24-27/h3-12H,1-2H2,(H2,25,26,28). The van der Waals surface area contributed by atoms with Gasteiger partial charge in [-0.2, -0.15) is 5.10 Å². The Bertz CT molecular complexity index is 1150. The van der Waals surface area contributed by atoms with Crippen LogP contribution in [0.5, 0.6) is 0 Å². The number of pyridine rings is 1. The number of halogens is 1. The highest BCUT2D eigenvalue weighted by Gasteiger charge is 2.09. The molecule has 140 valence electrons. The minimum atomic E-state index is -0.487. The first-order valence-electron chi connectivity index (χ1n) is 8.08. The summed E-state index contributed by atoms with van der Waals surface area (Å²) in [6, 6.07) is 9.93. The van der Waals surface area contributed by atoms with Crippen LogP contribution >= 0.6 is 11.6 Å². The minimum Gasteiger partial charge on any atom is -0.306 e. The average Bonchev–Trinajstić information content (AvgIpc) is 3.17. The van der Waals surface area contributed by atoms with Crippen LogP contribution < -0.4 is 21.2 Å². The predicted octanol–water partition coefficient (Wildman–Crippen LogP) is 2.30. The summed E-state index contributed by atoms with van der Waals surface area (Å²) in [5, 5.41) is 10.9. The van der Waals surface area contributed by atoms with Crippen LogP contribution in [0.4, 0.5) is 16.2 Å². The second kappa shape index (κ2) is 8.74. The van der Waals surface area contributed by atoms with E-state index in [-0.39, 0.29) is 0 Å². The fourth-order valence-corrected chi connectivity index (χ4v) is 2.43. The largest absolute Gasteiger partial charge is 0.323 e. The molecular formula is C19H16ClN7O. The molecule has 0 spiro atoms. The Labute approximate surface area is 165 Å². The molecule has 0 fully saturated rings. The summed E-state index contributed by atoms with van der Waals surface area (Å²) < 4.78 is 1.42. The fraction of sp³-hybridized carbons (Fsp3) is 0. The van der Waals surface area contributed by atoms with Gasteiger partial charge in [-0.1, -0.05) is 43.0 Å². The van der Waals surface area contributed by atoms with Gasteiger partial charge >= 0.3 is 6.03 Å². The maximum atomic E-state index is 12.3. The number of nitrogens with one attached hydrogen (secondary N) is 2. The Morgan fingerprint density at radius 3 is 2.46 bits per heavy atom. The van der Waals surface area contributed by atoms with Crippen molar-refractivity contribution in [2.45, 2.75) is 0 Å². The third-order valence-corrected chi connectivity index (χ3v) is 3.67. The van der Waals surface area contributed by atoms with Crippen molar-refractivity contribution in [2.24, 2.45) is 0 Å². The summed E-state index contributed by atoms with van der Waals surface area (Å²) in [4.78, 5) is 24.6.